The largest absolute Gasteiger partial charge is 0.443 e. The summed E-state index contributed by atoms with van der Waals surface area (Å²) in [4.78, 5) is 0. The van der Waals surface area contributed by atoms with E-state index >= 15 is 0 Å². The van der Waals surface area contributed by atoms with Crippen LogP contribution in [0.25, 0.3) is 0 Å². The van der Waals surface area contributed by atoms with Crippen molar-refractivity contribution in [1.82, 2.24) is 0 Å². The number of fused-ring (bicyclic) bond motifs is 2. The molecular weight excluding hydrogens is 388 g/mol. The summed E-state index contributed by atoms with van der Waals surface area (Å²) in [6, 6.07) is 13.2. The van der Waals surface area contributed by atoms with Gasteiger partial charge in [0.05, 0.1) is 30.2 Å². The van der Waals surface area contributed by atoms with E-state index in [0.29, 0.717) is 17.0 Å². The molecule has 1 aromatic carbocycles. The second-order valence-electron chi connectivity index (χ2n) is 7.74. The van der Waals surface area contributed by atoms with Gasteiger partial charge in [0.25, 0.3) is 0 Å². The van der Waals surface area contributed by atoms with Crippen LogP contribution in [-0.2, 0) is 15.3 Å². The summed E-state index contributed by atoms with van der Waals surface area (Å²) in [6.07, 6.45) is 3.32. The molecule has 0 spiro atoms. The quantitative estimate of drug-likeness (QED) is 0.659. The molecule has 2 heterocycles. The molecule has 0 radical (unpaired) electrons. The minimum atomic E-state index is -1.83. The van der Waals surface area contributed by atoms with E-state index in [9.17, 15) is 15.8 Å². The lowest BCUT2D eigenvalue weighted by molar-refractivity contribution is -0.286. The number of halogens is 1. The van der Waals surface area contributed by atoms with Crippen LogP contribution in [0.3, 0.4) is 0 Å². The molecule has 150 valence electrons. The molecule has 3 rings (SSSR count). The molecule has 4 atom stereocenters. The highest BCUT2D eigenvalue weighted by Gasteiger charge is 2.79. The zero-order valence-electron chi connectivity index (χ0n) is 16.5. The third kappa shape index (κ3) is 2.73. The summed E-state index contributed by atoms with van der Waals surface area (Å²) >= 11 is 6.18. The molecule has 2 saturated heterocycles. The normalized spacial score (nSPS) is 31.9. The van der Waals surface area contributed by atoms with E-state index in [0.717, 1.165) is 25.7 Å². The van der Waals surface area contributed by atoms with Crippen molar-refractivity contribution < 1.29 is 9.47 Å². The summed E-state index contributed by atoms with van der Waals surface area (Å²) in [6.45, 7) is 3.80. The van der Waals surface area contributed by atoms with Crippen LogP contribution in [0.1, 0.15) is 51.5 Å². The Hall–Kier alpha value is -2.59. The van der Waals surface area contributed by atoms with E-state index in [4.69, 9.17) is 26.5 Å². The van der Waals surface area contributed by atoms with Crippen LogP contribution in [0.2, 0.25) is 5.02 Å². The summed E-state index contributed by atoms with van der Waals surface area (Å²) in [5.41, 5.74) is -2.99. The molecule has 0 saturated carbocycles. The number of unbranched alkanes of at least 4 members (excludes halogenated alkanes) is 3. The van der Waals surface area contributed by atoms with Crippen LogP contribution in [-0.4, -0.2) is 12.0 Å². The fourth-order valence-corrected chi connectivity index (χ4v) is 4.89. The molecule has 2 fully saturated rings. The summed E-state index contributed by atoms with van der Waals surface area (Å²) < 4.78 is 12.3. The minimum absolute atomic E-state index is 0.397. The Morgan fingerprint density at radius 3 is 2.45 bits per heavy atom. The van der Waals surface area contributed by atoms with Gasteiger partial charge in [0, 0.05) is 10.6 Å². The maximum atomic E-state index is 10.2. The van der Waals surface area contributed by atoms with Crippen LogP contribution in [0.5, 0.6) is 0 Å². The number of ether oxygens (including phenoxy) is 2. The fraction of sp³-hybridized carbons (Fsp3) is 0.545. The summed E-state index contributed by atoms with van der Waals surface area (Å²) in [5.74, 6) is -2.59. The maximum absolute atomic E-state index is 10.2. The molecule has 0 aliphatic carbocycles. The molecule has 0 aromatic heterocycles. The van der Waals surface area contributed by atoms with Crippen LogP contribution >= 0.6 is 11.6 Å². The Morgan fingerprint density at radius 1 is 1.14 bits per heavy atom. The molecule has 6 nitrogen and oxygen atoms in total. The first-order valence-electron chi connectivity index (χ1n) is 9.84. The Labute approximate surface area is 176 Å². The first kappa shape index (κ1) is 21.1. The Balaban J connectivity index is 2.17. The van der Waals surface area contributed by atoms with Gasteiger partial charge in [-0.2, -0.15) is 15.8 Å². The zero-order valence-corrected chi connectivity index (χ0v) is 17.3. The van der Waals surface area contributed by atoms with E-state index in [1.807, 2.05) is 0 Å². The van der Waals surface area contributed by atoms with E-state index in [1.54, 1.807) is 31.2 Å². The summed E-state index contributed by atoms with van der Waals surface area (Å²) in [7, 11) is 0. The average Bonchev–Trinajstić information content (AvgIpc) is 2.88. The topological polar surface area (TPSA) is 114 Å². The first-order valence-corrected chi connectivity index (χ1v) is 10.2. The third-order valence-electron chi connectivity index (χ3n) is 6.33. The molecule has 1 aromatic rings. The van der Waals surface area contributed by atoms with Gasteiger partial charge in [-0.15, -0.1) is 0 Å². The number of rotatable bonds is 6. The van der Waals surface area contributed by atoms with E-state index in [2.05, 4.69) is 25.1 Å². The van der Waals surface area contributed by atoms with Gasteiger partial charge in [-0.25, -0.2) is 0 Å². The van der Waals surface area contributed by atoms with Crippen molar-refractivity contribution in [3.63, 3.8) is 0 Å². The molecule has 29 heavy (non-hydrogen) atoms. The first-order chi connectivity index (χ1) is 13.9. The second kappa shape index (κ2) is 7.68. The van der Waals surface area contributed by atoms with Gasteiger partial charge in [-0.1, -0.05) is 63.3 Å². The Morgan fingerprint density at radius 2 is 1.86 bits per heavy atom. The fourth-order valence-electron chi connectivity index (χ4n) is 4.70. The van der Waals surface area contributed by atoms with E-state index in [1.165, 1.54) is 0 Å². The molecule has 4 unspecified atom stereocenters. The number of hydrogen-bond donors (Lipinski definition) is 1. The highest BCUT2D eigenvalue weighted by molar-refractivity contribution is 6.30. The second-order valence-corrected chi connectivity index (χ2v) is 8.17. The highest BCUT2D eigenvalue weighted by atomic mass is 35.5. The lowest BCUT2D eigenvalue weighted by atomic mass is 9.53. The zero-order chi connectivity index (χ0) is 21.3. The minimum Gasteiger partial charge on any atom is -0.443 e. The van der Waals surface area contributed by atoms with Gasteiger partial charge in [0.1, 0.15) is 0 Å². The van der Waals surface area contributed by atoms with Gasteiger partial charge >= 0.3 is 0 Å². The van der Waals surface area contributed by atoms with Gasteiger partial charge in [-0.3, -0.25) is 5.41 Å². The molecule has 2 aliphatic rings. The SMILES string of the molecule is CCCCCCC1OC2(c3cccc(Cl)c3)OC(=N)C(C#N)(C2C)C1(C#N)C#N. The molecule has 1 N–H and O–H groups in total. The highest BCUT2D eigenvalue weighted by Crippen LogP contribution is 2.66. The van der Waals surface area contributed by atoms with E-state index in [-0.39, 0.29) is 0 Å². The smallest absolute Gasteiger partial charge is 0.243 e. The Bertz CT molecular complexity index is 929. The maximum Gasteiger partial charge on any atom is 0.243 e. The van der Waals surface area contributed by atoms with Crippen LogP contribution < -0.4 is 0 Å². The average molecular weight is 411 g/mol. The number of hydrogen-bond acceptors (Lipinski definition) is 6. The van der Waals surface area contributed by atoms with Gasteiger partial charge < -0.3 is 9.47 Å². The van der Waals surface area contributed by atoms with Crippen molar-refractivity contribution in [2.45, 2.75) is 57.8 Å². The van der Waals surface area contributed by atoms with Crippen LogP contribution in [0.15, 0.2) is 24.3 Å². The molecule has 2 bridgehead atoms. The predicted molar refractivity (Wildman–Crippen MR) is 106 cm³/mol. The molecule has 7 heteroatoms. The van der Waals surface area contributed by atoms with Crippen molar-refractivity contribution in [2.75, 3.05) is 0 Å². The lowest BCUT2D eigenvalue weighted by Gasteiger charge is -2.48. The van der Waals surface area contributed by atoms with Crippen molar-refractivity contribution in [3.05, 3.63) is 34.9 Å². The monoisotopic (exact) mass is 410 g/mol. The van der Waals surface area contributed by atoms with Crippen molar-refractivity contribution in [2.24, 2.45) is 16.7 Å². The van der Waals surface area contributed by atoms with E-state index < -0.39 is 34.5 Å². The molecule has 2 aliphatic heterocycles. The number of nitrogens with zero attached hydrogens (tertiary/aromatic N) is 3. The molecule has 0 amide bonds. The van der Waals surface area contributed by atoms with Crippen molar-refractivity contribution >= 4 is 17.5 Å². The third-order valence-corrected chi connectivity index (χ3v) is 6.56. The van der Waals surface area contributed by atoms with Gasteiger partial charge in [0.2, 0.25) is 11.7 Å². The standard InChI is InChI=1S/C22H23ClN4O2/c1-3-4-5-6-10-18-20(12-24,13-25)21(14-26)15(2)22(28-18,29-19(21)27)16-8-7-9-17(23)11-16/h7-9,11,15,18,27H,3-6,10H2,1-2H3. The number of benzene rings is 1. The lowest BCUT2D eigenvalue weighted by Crippen LogP contribution is -2.60. The molecular formula is C22H23ClN4O2. The van der Waals surface area contributed by atoms with Crippen LogP contribution in [0.4, 0.5) is 0 Å². The predicted octanol–water partition coefficient (Wildman–Crippen LogP) is 5.05. The number of nitrogens with one attached hydrogen (secondary N) is 1. The van der Waals surface area contributed by atoms with Crippen molar-refractivity contribution in [3.8, 4) is 18.2 Å². The van der Waals surface area contributed by atoms with Crippen molar-refractivity contribution in [1.29, 1.82) is 21.2 Å². The Kier molecular flexibility index (Phi) is 5.59. The number of nitriles is 3. The van der Waals surface area contributed by atoms with Gasteiger partial charge in [0.15, 0.2) is 10.8 Å². The summed E-state index contributed by atoms with van der Waals surface area (Å²) in [5, 5.41) is 39.4. The van der Waals surface area contributed by atoms with Crippen LogP contribution in [0, 0.1) is 56.2 Å². The van der Waals surface area contributed by atoms with Gasteiger partial charge in [-0.05, 0) is 18.6 Å².